The highest BCUT2D eigenvalue weighted by atomic mass is 127. The number of fused-ring (bicyclic) bond motifs is 3. The maximum atomic E-state index is 15.0. The van der Waals surface area contributed by atoms with Gasteiger partial charge in [-0.2, -0.15) is 9.78 Å². The van der Waals surface area contributed by atoms with Gasteiger partial charge in [-0.25, -0.2) is 18.0 Å². The number of rotatable bonds is 5. The van der Waals surface area contributed by atoms with E-state index in [1.807, 2.05) is 22.6 Å². The zero-order valence-electron chi connectivity index (χ0n) is 27.8. The van der Waals surface area contributed by atoms with Crippen LogP contribution in [0.3, 0.4) is 0 Å². The molecule has 50 heavy (non-hydrogen) atoms. The van der Waals surface area contributed by atoms with Crippen molar-refractivity contribution >= 4 is 46.0 Å². The number of aliphatic hydroxyl groups is 1. The van der Waals surface area contributed by atoms with E-state index in [0.29, 0.717) is 53.6 Å². The Hall–Kier alpha value is -2.66. The molecule has 4 unspecified atom stereocenters. The summed E-state index contributed by atoms with van der Waals surface area (Å²) < 4.78 is 57.3. The highest BCUT2D eigenvalue weighted by Gasteiger charge is 2.65. The molecule has 3 aliphatic carbocycles. The van der Waals surface area contributed by atoms with Crippen molar-refractivity contribution < 1.29 is 47.1 Å². The number of hydrogen-bond acceptors (Lipinski definition) is 8. The molecular formula is C36H41F3IN3O7. The third-order valence-electron chi connectivity index (χ3n) is 11.8. The van der Waals surface area contributed by atoms with Crippen molar-refractivity contribution in [1.29, 1.82) is 0 Å². The van der Waals surface area contributed by atoms with Gasteiger partial charge in [-0.1, -0.05) is 6.92 Å². The molecule has 3 saturated carbocycles. The normalized spacial score (nSPS) is 34.3. The molecule has 2 N–H and O–H groups in total. The van der Waals surface area contributed by atoms with Crippen LogP contribution in [0.25, 0.3) is 0 Å². The van der Waals surface area contributed by atoms with Gasteiger partial charge in [-0.05, 0) is 110 Å². The summed E-state index contributed by atoms with van der Waals surface area (Å²) in [6.07, 6.45) is 6.50. The maximum Gasteiger partial charge on any atom is 0.410 e. The van der Waals surface area contributed by atoms with E-state index in [1.165, 1.54) is 23.5 Å². The monoisotopic (exact) mass is 811 g/mol. The summed E-state index contributed by atoms with van der Waals surface area (Å²) in [7, 11) is 0. The van der Waals surface area contributed by atoms with E-state index in [9.17, 15) is 23.5 Å². The molecule has 270 valence electrons. The minimum absolute atomic E-state index is 0.123. The molecule has 2 aromatic carbocycles. The molecule has 2 spiro atoms. The Kier molecular flexibility index (Phi) is 8.80. The topological polar surface area (TPSA) is 110 Å². The van der Waals surface area contributed by atoms with Gasteiger partial charge in [-0.3, -0.25) is 4.79 Å². The molecule has 10 nitrogen and oxygen atoms in total. The molecule has 8 rings (SSSR count). The first-order chi connectivity index (χ1) is 23.9. The second-order valence-corrected chi connectivity index (χ2v) is 16.5. The largest absolute Gasteiger partial charge is 0.446 e. The number of benzene rings is 2. The first kappa shape index (κ1) is 34.4. The Morgan fingerprint density at radius 3 is 2.60 bits per heavy atom. The van der Waals surface area contributed by atoms with Crippen molar-refractivity contribution in [3.8, 4) is 0 Å². The average molecular weight is 812 g/mol. The number of piperidine rings is 1. The third-order valence-corrected chi connectivity index (χ3v) is 12.5. The van der Waals surface area contributed by atoms with Crippen LogP contribution in [0.1, 0.15) is 81.5 Å². The Labute approximate surface area is 302 Å². The summed E-state index contributed by atoms with van der Waals surface area (Å²) in [6, 6.07) is 5.55. The van der Waals surface area contributed by atoms with Crippen LogP contribution in [0.2, 0.25) is 0 Å². The molecule has 14 heteroatoms. The molecule has 2 amide bonds. The number of ether oxygens (including phenoxy) is 2. The fourth-order valence-electron chi connectivity index (χ4n) is 9.47. The van der Waals surface area contributed by atoms with Gasteiger partial charge in [0, 0.05) is 35.3 Å². The zero-order chi connectivity index (χ0) is 35.0. The van der Waals surface area contributed by atoms with Crippen LogP contribution in [0.15, 0.2) is 30.3 Å². The fourth-order valence-corrected chi connectivity index (χ4v) is 9.93. The van der Waals surface area contributed by atoms with E-state index in [1.54, 1.807) is 11.0 Å². The van der Waals surface area contributed by atoms with Crippen molar-refractivity contribution in [3.63, 3.8) is 0 Å². The minimum Gasteiger partial charge on any atom is -0.446 e. The summed E-state index contributed by atoms with van der Waals surface area (Å²) in [6.45, 7) is 2.35. The van der Waals surface area contributed by atoms with E-state index in [2.05, 4.69) is 12.2 Å². The number of halogens is 4. The summed E-state index contributed by atoms with van der Waals surface area (Å²) in [5.41, 5.74) is -2.27. The van der Waals surface area contributed by atoms with E-state index in [0.717, 1.165) is 44.2 Å². The zero-order valence-corrected chi connectivity index (χ0v) is 29.9. The molecule has 3 aliphatic heterocycles. The number of anilines is 2. The Morgan fingerprint density at radius 1 is 1.02 bits per heavy atom. The second-order valence-electron chi connectivity index (χ2n) is 15.2. The fraction of sp³-hybridized carbons (Fsp3) is 0.611. The number of amides is 2. The van der Waals surface area contributed by atoms with Crippen LogP contribution < -0.4 is 5.32 Å². The van der Waals surface area contributed by atoms with Crippen LogP contribution >= 0.6 is 22.6 Å². The quantitative estimate of drug-likeness (QED) is 0.246. The van der Waals surface area contributed by atoms with E-state index < -0.39 is 64.5 Å². The van der Waals surface area contributed by atoms with Gasteiger partial charge in [0.05, 0.1) is 36.1 Å². The van der Waals surface area contributed by atoms with Gasteiger partial charge < -0.3 is 29.7 Å². The lowest BCUT2D eigenvalue weighted by molar-refractivity contribution is -0.365. The van der Waals surface area contributed by atoms with Crippen molar-refractivity contribution in [3.05, 3.63) is 56.9 Å². The standard InChI is InChI=1S/C36H41F3IN3O7/c1-20-13-21-14-25(20)36(16-21)48-35(49-50-36)11-4-5-23(17-35)47-33(45)43-12-3-2-6-29(43)34(46)18-42(19-34)32(44)24-8-9-26(37)30(39)31(24)41-28-10-7-22(40)15-27(28)38/h7-10,15,20-21,23,25,29,41,46H,2-6,11-14,16-19H2,1H3/t20?,21?,23-,25?,29+,35-,36?/m1/s1. The predicted octanol–water partition coefficient (Wildman–Crippen LogP) is 7.01. The lowest BCUT2D eigenvalue weighted by Gasteiger charge is -2.54. The van der Waals surface area contributed by atoms with Crippen molar-refractivity contribution in [1.82, 2.24) is 9.80 Å². The van der Waals surface area contributed by atoms with Gasteiger partial charge in [0.15, 0.2) is 11.6 Å². The molecule has 0 aromatic heterocycles. The number of nitrogens with zero attached hydrogens (tertiary/aromatic N) is 2. The number of carbonyl (C=O) groups is 2. The molecule has 2 aromatic rings. The van der Waals surface area contributed by atoms with E-state index >= 15 is 4.39 Å². The van der Waals surface area contributed by atoms with Gasteiger partial charge in [0.25, 0.3) is 5.91 Å². The Balaban J connectivity index is 0.925. The second kappa shape index (κ2) is 12.8. The molecule has 2 bridgehead atoms. The summed E-state index contributed by atoms with van der Waals surface area (Å²) in [5.74, 6) is -4.20. The molecule has 6 fully saturated rings. The van der Waals surface area contributed by atoms with Crippen LogP contribution in [0.5, 0.6) is 0 Å². The molecule has 6 aliphatic rings. The predicted molar refractivity (Wildman–Crippen MR) is 181 cm³/mol. The maximum absolute atomic E-state index is 15.0. The van der Waals surface area contributed by atoms with Crippen molar-refractivity contribution in [2.45, 2.75) is 100 Å². The molecule has 7 atom stereocenters. The van der Waals surface area contributed by atoms with Crippen molar-refractivity contribution in [2.75, 3.05) is 25.0 Å². The van der Waals surface area contributed by atoms with Crippen LogP contribution in [0, 0.1) is 38.8 Å². The van der Waals surface area contributed by atoms with Gasteiger partial charge in [0.2, 0.25) is 11.6 Å². The Bertz CT molecular complexity index is 1700. The van der Waals surface area contributed by atoms with Crippen LogP contribution in [-0.2, 0) is 19.2 Å². The lowest BCUT2D eigenvalue weighted by atomic mass is 9.80. The van der Waals surface area contributed by atoms with Crippen LogP contribution in [0.4, 0.5) is 29.3 Å². The lowest BCUT2D eigenvalue weighted by Crippen LogP contribution is -2.73. The van der Waals surface area contributed by atoms with Crippen LogP contribution in [-0.4, -0.2) is 75.9 Å². The molecule has 0 radical (unpaired) electrons. The van der Waals surface area contributed by atoms with E-state index in [4.69, 9.17) is 19.2 Å². The Morgan fingerprint density at radius 2 is 1.84 bits per heavy atom. The molecule has 3 heterocycles. The average Bonchev–Trinajstić information content (AvgIpc) is 3.73. The molecule has 3 saturated heterocycles. The number of β-amino-alcohol motifs (C(OH)–C–C–N with tert-alkyl or cyclic N) is 1. The van der Waals surface area contributed by atoms with Gasteiger partial charge in [-0.15, -0.1) is 0 Å². The molecular weight excluding hydrogens is 770 g/mol. The number of likely N-dealkylation sites (tertiary alicyclic amines) is 2. The number of nitrogens with one attached hydrogen (secondary N) is 1. The van der Waals surface area contributed by atoms with Gasteiger partial charge in [0.1, 0.15) is 17.5 Å². The smallest absolute Gasteiger partial charge is 0.410 e. The highest BCUT2D eigenvalue weighted by molar-refractivity contribution is 14.1. The van der Waals surface area contributed by atoms with Crippen molar-refractivity contribution in [2.24, 2.45) is 17.8 Å². The highest BCUT2D eigenvalue weighted by Crippen LogP contribution is 2.61. The van der Waals surface area contributed by atoms with Gasteiger partial charge >= 0.3 is 6.09 Å². The summed E-state index contributed by atoms with van der Waals surface area (Å²) >= 11 is 1.93. The number of hydrogen-bond donors (Lipinski definition) is 2. The SMILES string of the molecule is CC1CC2CC1C1(C2)OO[C@@]2(CCC[C@@H](OC(=O)N3CCCC[C@H]3C3(O)CN(C(=O)c4ccc(F)c(F)c4Nc4ccc(I)cc4F)C3)C2)O1. The van der Waals surface area contributed by atoms with E-state index in [-0.39, 0.29) is 24.3 Å². The summed E-state index contributed by atoms with van der Waals surface area (Å²) in [4.78, 5) is 42.1. The number of carbonyl (C=O) groups excluding carboxylic acids is 2. The minimum atomic E-state index is -1.44. The third kappa shape index (κ3) is 5.96. The first-order valence-electron chi connectivity index (χ1n) is 17.6. The first-order valence-corrected chi connectivity index (χ1v) is 18.7. The summed E-state index contributed by atoms with van der Waals surface area (Å²) in [5, 5.41) is 14.3.